The van der Waals surface area contributed by atoms with Gasteiger partial charge in [-0.2, -0.15) is 0 Å². The Balaban J connectivity index is 1.69. The minimum absolute atomic E-state index is 0.574. The molecule has 1 heterocycles. The van der Waals surface area contributed by atoms with E-state index >= 15 is 0 Å². The summed E-state index contributed by atoms with van der Waals surface area (Å²) in [5, 5.41) is 8.82. The molecule has 0 N–H and O–H groups in total. The lowest BCUT2D eigenvalue weighted by molar-refractivity contribution is 0.466. The normalized spacial score (nSPS) is 10.8. The lowest BCUT2D eigenvalue weighted by Gasteiger charge is -1.99. The van der Waals surface area contributed by atoms with Gasteiger partial charge in [-0.25, -0.2) is 0 Å². The van der Waals surface area contributed by atoms with E-state index in [2.05, 4.69) is 41.4 Å². The van der Waals surface area contributed by atoms with Gasteiger partial charge < -0.3 is 4.42 Å². The Morgan fingerprint density at radius 3 is 2.52 bits per heavy atom. The highest BCUT2D eigenvalue weighted by atomic mass is 32.2. The maximum Gasteiger partial charge on any atom is 0.277 e. The Bertz CT molecular complexity index is 735. The molecule has 3 rings (SSSR count). The summed E-state index contributed by atoms with van der Waals surface area (Å²) in [6.07, 6.45) is 0. The van der Waals surface area contributed by atoms with Crippen molar-refractivity contribution in [1.29, 1.82) is 0 Å². The van der Waals surface area contributed by atoms with Crippen molar-refractivity contribution in [3.63, 3.8) is 0 Å². The van der Waals surface area contributed by atoms with Crippen LogP contribution >= 0.6 is 11.8 Å². The van der Waals surface area contributed by atoms with Crippen LogP contribution in [0.2, 0.25) is 0 Å². The lowest BCUT2D eigenvalue weighted by Crippen LogP contribution is -1.81. The molecule has 0 unspecified atom stereocenters. The van der Waals surface area contributed by atoms with Crippen molar-refractivity contribution in [2.45, 2.75) is 24.8 Å². The molecule has 21 heavy (non-hydrogen) atoms. The smallest absolute Gasteiger partial charge is 0.277 e. The molecule has 3 aromatic rings. The molecular formula is C17H16N2OS. The zero-order chi connectivity index (χ0) is 14.7. The Morgan fingerprint density at radius 2 is 1.76 bits per heavy atom. The number of nitrogens with zero attached hydrogens (tertiary/aromatic N) is 2. The van der Waals surface area contributed by atoms with Crippen molar-refractivity contribution in [3.05, 3.63) is 65.2 Å². The van der Waals surface area contributed by atoms with E-state index in [0.717, 1.165) is 11.3 Å². The molecular weight excluding hydrogens is 280 g/mol. The van der Waals surface area contributed by atoms with Gasteiger partial charge in [-0.15, -0.1) is 10.2 Å². The van der Waals surface area contributed by atoms with E-state index in [9.17, 15) is 0 Å². The summed E-state index contributed by atoms with van der Waals surface area (Å²) in [5.74, 6) is 1.40. The third kappa shape index (κ3) is 3.52. The van der Waals surface area contributed by atoms with Crippen LogP contribution in [-0.2, 0) is 5.75 Å². The van der Waals surface area contributed by atoms with Gasteiger partial charge in [-0.3, -0.25) is 0 Å². The second kappa shape index (κ2) is 6.14. The summed E-state index contributed by atoms with van der Waals surface area (Å²) >= 11 is 1.56. The van der Waals surface area contributed by atoms with Gasteiger partial charge in [-0.1, -0.05) is 59.3 Å². The van der Waals surface area contributed by atoms with Gasteiger partial charge in [0.2, 0.25) is 5.89 Å². The molecule has 0 radical (unpaired) electrons. The molecule has 0 fully saturated rings. The third-order valence-corrected chi connectivity index (χ3v) is 4.04. The fourth-order valence-electron chi connectivity index (χ4n) is 1.99. The third-order valence-electron chi connectivity index (χ3n) is 3.15. The quantitative estimate of drug-likeness (QED) is 0.657. The van der Waals surface area contributed by atoms with Gasteiger partial charge in [0, 0.05) is 11.3 Å². The van der Waals surface area contributed by atoms with Crippen LogP contribution in [0.25, 0.3) is 11.5 Å². The Labute approximate surface area is 128 Å². The van der Waals surface area contributed by atoms with E-state index in [-0.39, 0.29) is 0 Å². The van der Waals surface area contributed by atoms with Gasteiger partial charge >= 0.3 is 0 Å². The van der Waals surface area contributed by atoms with E-state index in [1.54, 1.807) is 11.8 Å². The van der Waals surface area contributed by atoms with Gasteiger partial charge in [-0.05, 0) is 31.5 Å². The first-order chi connectivity index (χ1) is 10.2. The topological polar surface area (TPSA) is 38.9 Å². The first kappa shape index (κ1) is 13.9. The van der Waals surface area contributed by atoms with Crippen molar-refractivity contribution in [2.75, 3.05) is 0 Å². The Kier molecular flexibility index (Phi) is 4.06. The highest BCUT2D eigenvalue weighted by Gasteiger charge is 2.09. The number of hydrogen-bond donors (Lipinski definition) is 0. The van der Waals surface area contributed by atoms with Gasteiger partial charge in [0.15, 0.2) is 0 Å². The minimum atomic E-state index is 0.574. The number of hydrogen-bond acceptors (Lipinski definition) is 4. The average Bonchev–Trinajstić information content (AvgIpc) is 2.96. The number of aromatic nitrogens is 2. The number of benzene rings is 2. The highest BCUT2D eigenvalue weighted by molar-refractivity contribution is 7.98. The predicted octanol–water partition coefficient (Wildman–Crippen LogP) is 4.65. The van der Waals surface area contributed by atoms with Gasteiger partial charge in [0.1, 0.15) is 0 Å². The standard InChI is InChI=1S/C17H16N2OS/c1-12-6-8-14(9-7-12)11-21-17-19-18-16(20-17)15-5-3-4-13(2)10-15/h3-10H,11H2,1-2H3. The molecule has 0 atom stereocenters. The molecule has 0 spiro atoms. The van der Waals surface area contributed by atoms with Crippen LogP contribution in [0, 0.1) is 13.8 Å². The van der Waals surface area contributed by atoms with Crippen molar-refractivity contribution >= 4 is 11.8 Å². The predicted molar refractivity (Wildman–Crippen MR) is 85.2 cm³/mol. The van der Waals surface area contributed by atoms with Crippen LogP contribution in [-0.4, -0.2) is 10.2 Å². The van der Waals surface area contributed by atoms with E-state index in [1.807, 2.05) is 31.2 Å². The maximum atomic E-state index is 5.71. The fraction of sp³-hybridized carbons (Fsp3) is 0.176. The summed E-state index contributed by atoms with van der Waals surface area (Å²) in [5.41, 5.74) is 4.66. The molecule has 0 aliphatic heterocycles. The maximum absolute atomic E-state index is 5.71. The molecule has 0 amide bonds. The van der Waals surface area contributed by atoms with Crippen LogP contribution in [0.3, 0.4) is 0 Å². The largest absolute Gasteiger partial charge is 0.411 e. The molecule has 3 nitrogen and oxygen atoms in total. The van der Waals surface area contributed by atoms with Gasteiger partial charge in [0.25, 0.3) is 5.22 Å². The second-order valence-corrected chi connectivity index (χ2v) is 5.94. The number of rotatable bonds is 4. The molecule has 0 saturated carbocycles. The molecule has 106 valence electrons. The molecule has 0 aliphatic rings. The molecule has 2 aromatic carbocycles. The molecule has 0 bridgehead atoms. The van der Waals surface area contributed by atoms with Crippen LogP contribution in [0.1, 0.15) is 16.7 Å². The van der Waals surface area contributed by atoms with Crippen LogP contribution < -0.4 is 0 Å². The monoisotopic (exact) mass is 296 g/mol. The summed E-state index contributed by atoms with van der Waals surface area (Å²) in [6.45, 7) is 4.13. The van der Waals surface area contributed by atoms with E-state index in [0.29, 0.717) is 11.1 Å². The number of aryl methyl sites for hydroxylation is 2. The second-order valence-electron chi connectivity index (χ2n) is 5.02. The van der Waals surface area contributed by atoms with Crippen LogP contribution in [0.15, 0.2) is 58.2 Å². The number of thioether (sulfide) groups is 1. The lowest BCUT2D eigenvalue weighted by atomic mass is 10.1. The van der Waals surface area contributed by atoms with Crippen LogP contribution in [0.5, 0.6) is 0 Å². The Hall–Kier alpha value is -2.07. The summed E-state index contributed by atoms with van der Waals surface area (Å²) in [6, 6.07) is 16.5. The van der Waals surface area contributed by atoms with Crippen molar-refractivity contribution in [3.8, 4) is 11.5 Å². The zero-order valence-corrected chi connectivity index (χ0v) is 12.9. The zero-order valence-electron chi connectivity index (χ0n) is 12.0. The first-order valence-electron chi connectivity index (χ1n) is 6.79. The molecule has 0 saturated heterocycles. The SMILES string of the molecule is Cc1ccc(CSc2nnc(-c3cccc(C)c3)o2)cc1. The van der Waals surface area contributed by atoms with Crippen molar-refractivity contribution in [1.82, 2.24) is 10.2 Å². The molecule has 0 aliphatic carbocycles. The summed E-state index contributed by atoms with van der Waals surface area (Å²) in [7, 11) is 0. The minimum Gasteiger partial charge on any atom is -0.411 e. The average molecular weight is 296 g/mol. The Morgan fingerprint density at radius 1 is 0.952 bits per heavy atom. The first-order valence-corrected chi connectivity index (χ1v) is 7.78. The van der Waals surface area contributed by atoms with E-state index < -0.39 is 0 Å². The van der Waals surface area contributed by atoms with Crippen LogP contribution in [0.4, 0.5) is 0 Å². The summed E-state index contributed by atoms with van der Waals surface area (Å²) in [4.78, 5) is 0. The highest BCUT2D eigenvalue weighted by Crippen LogP contribution is 2.26. The molecule has 1 aromatic heterocycles. The van der Waals surface area contributed by atoms with Crippen molar-refractivity contribution in [2.24, 2.45) is 0 Å². The van der Waals surface area contributed by atoms with Crippen molar-refractivity contribution < 1.29 is 4.42 Å². The van der Waals surface area contributed by atoms with E-state index in [1.165, 1.54) is 16.7 Å². The fourth-order valence-corrected chi connectivity index (χ4v) is 2.71. The summed E-state index contributed by atoms with van der Waals surface area (Å²) < 4.78 is 5.71. The van der Waals surface area contributed by atoms with Gasteiger partial charge in [0.05, 0.1) is 0 Å². The van der Waals surface area contributed by atoms with E-state index in [4.69, 9.17) is 4.42 Å². The molecule has 4 heteroatoms.